The number of esters is 1. The number of carbonyl (C=O) groups is 1. The minimum Gasteiger partial charge on any atom is -0.503 e. The highest BCUT2D eigenvalue weighted by Gasteiger charge is 2.19. The van der Waals surface area contributed by atoms with E-state index in [1.165, 1.54) is 26.7 Å². The van der Waals surface area contributed by atoms with E-state index in [9.17, 15) is 4.79 Å². The second-order valence-electron chi connectivity index (χ2n) is 4.44. The summed E-state index contributed by atoms with van der Waals surface area (Å²) in [6.45, 7) is 6.24. The van der Waals surface area contributed by atoms with E-state index in [0.717, 1.165) is 5.71 Å². The van der Waals surface area contributed by atoms with Crippen molar-refractivity contribution in [1.82, 2.24) is 4.98 Å². The first-order valence-electron chi connectivity index (χ1n) is 7.04. The summed E-state index contributed by atoms with van der Waals surface area (Å²) in [5, 5.41) is 4.03. The first-order chi connectivity index (χ1) is 11.0. The molecule has 1 heterocycles. The summed E-state index contributed by atoms with van der Waals surface area (Å²) in [5.41, 5.74) is 1.83. The lowest BCUT2D eigenvalue weighted by Gasteiger charge is -2.09. The van der Waals surface area contributed by atoms with E-state index in [1.807, 2.05) is 13.8 Å². The summed E-state index contributed by atoms with van der Waals surface area (Å²) in [7, 11) is 2.71. The minimum atomic E-state index is -0.583. The Morgan fingerprint density at radius 3 is 2.65 bits per heavy atom. The first-order valence-corrected chi connectivity index (χ1v) is 7.04. The van der Waals surface area contributed by atoms with Crippen molar-refractivity contribution in [2.45, 2.75) is 20.8 Å². The summed E-state index contributed by atoms with van der Waals surface area (Å²) >= 11 is 0. The van der Waals surface area contributed by atoms with Crippen LogP contribution in [0, 0.1) is 0 Å². The zero-order chi connectivity index (χ0) is 17.2. The van der Waals surface area contributed by atoms with Crippen molar-refractivity contribution in [2.75, 3.05) is 20.8 Å². The lowest BCUT2D eigenvalue weighted by molar-refractivity contribution is -0.133. The standard InChI is InChI=1S/C16H21N3O4/c1-6-17-11(2)12(3)19-23-14-8-7-9-18-15(14)13(10-21-4)16(20)22-5/h7-10H,6H2,1-5H3/b13-10+,17-11?,19-12+. The van der Waals surface area contributed by atoms with Crippen LogP contribution in [0.15, 0.2) is 34.7 Å². The molecule has 0 unspecified atom stereocenters. The maximum atomic E-state index is 11.9. The molecule has 0 aliphatic rings. The molecule has 0 bridgehead atoms. The van der Waals surface area contributed by atoms with Crippen LogP contribution in [0.5, 0.6) is 5.75 Å². The topological polar surface area (TPSA) is 82.4 Å². The molecule has 0 radical (unpaired) electrons. The zero-order valence-corrected chi connectivity index (χ0v) is 14.0. The first kappa shape index (κ1) is 18.3. The molecule has 124 valence electrons. The molecule has 23 heavy (non-hydrogen) atoms. The molecule has 1 rings (SSSR count). The number of pyridine rings is 1. The molecule has 1 aromatic heterocycles. The van der Waals surface area contributed by atoms with Crippen LogP contribution >= 0.6 is 0 Å². The molecule has 7 heteroatoms. The highest BCUT2D eigenvalue weighted by Crippen LogP contribution is 2.25. The fourth-order valence-corrected chi connectivity index (χ4v) is 1.63. The normalized spacial score (nSPS) is 12.8. The number of nitrogens with zero attached hydrogens (tertiary/aromatic N) is 3. The van der Waals surface area contributed by atoms with E-state index in [0.29, 0.717) is 18.0 Å². The average molecular weight is 319 g/mol. The van der Waals surface area contributed by atoms with Gasteiger partial charge in [-0.1, -0.05) is 5.16 Å². The molecule has 0 aliphatic carbocycles. The van der Waals surface area contributed by atoms with Gasteiger partial charge in [0.25, 0.3) is 0 Å². The van der Waals surface area contributed by atoms with Gasteiger partial charge in [-0.15, -0.1) is 0 Å². The van der Waals surface area contributed by atoms with Crippen molar-refractivity contribution in [3.8, 4) is 5.75 Å². The molecule has 0 spiro atoms. The van der Waals surface area contributed by atoms with Gasteiger partial charge < -0.3 is 14.3 Å². The smallest absolute Gasteiger partial charge is 0.343 e. The Labute approximate surface area is 135 Å². The summed E-state index contributed by atoms with van der Waals surface area (Å²) in [6.07, 6.45) is 2.79. The van der Waals surface area contributed by atoms with E-state index in [-0.39, 0.29) is 11.3 Å². The number of methoxy groups -OCH3 is 2. The van der Waals surface area contributed by atoms with E-state index in [2.05, 4.69) is 15.1 Å². The molecule has 0 saturated carbocycles. The lowest BCUT2D eigenvalue weighted by Crippen LogP contribution is -2.10. The van der Waals surface area contributed by atoms with Gasteiger partial charge in [0.1, 0.15) is 11.3 Å². The summed E-state index contributed by atoms with van der Waals surface area (Å²) in [6, 6.07) is 3.33. The summed E-state index contributed by atoms with van der Waals surface area (Å²) < 4.78 is 9.65. The molecule has 0 aromatic carbocycles. The van der Waals surface area contributed by atoms with E-state index in [1.54, 1.807) is 19.1 Å². The van der Waals surface area contributed by atoms with E-state index in [4.69, 9.17) is 14.3 Å². The summed E-state index contributed by atoms with van der Waals surface area (Å²) in [5.74, 6) is -0.273. The molecule has 0 atom stereocenters. The fourth-order valence-electron chi connectivity index (χ4n) is 1.63. The van der Waals surface area contributed by atoms with Gasteiger partial charge in [-0.2, -0.15) is 0 Å². The maximum Gasteiger partial charge on any atom is 0.343 e. The van der Waals surface area contributed by atoms with Crippen LogP contribution in [0.4, 0.5) is 0 Å². The van der Waals surface area contributed by atoms with Crippen molar-refractivity contribution >= 4 is 23.0 Å². The Bertz CT molecular complexity index is 636. The number of oxime groups is 1. The van der Waals surface area contributed by atoms with Crippen molar-refractivity contribution in [3.05, 3.63) is 30.3 Å². The van der Waals surface area contributed by atoms with Crippen LogP contribution in [0.1, 0.15) is 26.5 Å². The van der Waals surface area contributed by atoms with Gasteiger partial charge in [-0.3, -0.25) is 9.98 Å². The van der Waals surface area contributed by atoms with Gasteiger partial charge in [0.15, 0.2) is 5.75 Å². The quantitative estimate of drug-likeness (QED) is 0.253. The number of aromatic nitrogens is 1. The largest absolute Gasteiger partial charge is 0.503 e. The number of ether oxygens (including phenoxy) is 2. The molecule has 0 fully saturated rings. The molecule has 0 N–H and O–H groups in total. The highest BCUT2D eigenvalue weighted by molar-refractivity contribution is 6.40. The third-order valence-electron chi connectivity index (χ3n) is 2.87. The van der Waals surface area contributed by atoms with Gasteiger partial charge in [0, 0.05) is 12.7 Å². The average Bonchev–Trinajstić information content (AvgIpc) is 2.57. The predicted molar refractivity (Wildman–Crippen MR) is 88.6 cm³/mol. The Morgan fingerprint density at radius 2 is 2.04 bits per heavy atom. The number of hydrogen-bond acceptors (Lipinski definition) is 7. The van der Waals surface area contributed by atoms with Crippen LogP contribution in [0.25, 0.3) is 5.57 Å². The van der Waals surface area contributed by atoms with Crippen molar-refractivity contribution in [3.63, 3.8) is 0 Å². The van der Waals surface area contributed by atoms with E-state index < -0.39 is 5.97 Å². The number of rotatable bonds is 7. The second kappa shape index (κ2) is 9.34. The number of aliphatic imine (C=N–C) groups is 1. The Hall–Kier alpha value is -2.70. The maximum absolute atomic E-state index is 11.9. The zero-order valence-electron chi connectivity index (χ0n) is 14.0. The van der Waals surface area contributed by atoms with Gasteiger partial charge in [-0.25, -0.2) is 4.79 Å². The predicted octanol–water partition coefficient (Wildman–Crippen LogP) is 2.48. The second-order valence-corrected chi connectivity index (χ2v) is 4.44. The van der Waals surface area contributed by atoms with Gasteiger partial charge in [0.05, 0.1) is 31.9 Å². The highest BCUT2D eigenvalue weighted by atomic mass is 16.6. The molecule has 7 nitrogen and oxygen atoms in total. The molecule has 0 aliphatic heterocycles. The summed E-state index contributed by atoms with van der Waals surface area (Å²) in [4.78, 5) is 25.7. The fraction of sp³-hybridized carbons (Fsp3) is 0.375. The van der Waals surface area contributed by atoms with Crippen molar-refractivity contribution in [2.24, 2.45) is 10.1 Å². The van der Waals surface area contributed by atoms with Crippen molar-refractivity contribution in [1.29, 1.82) is 0 Å². The number of carbonyl (C=O) groups excluding carboxylic acids is 1. The Balaban J connectivity index is 3.15. The van der Waals surface area contributed by atoms with Gasteiger partial charge >= 0.3 is 5.97 Å². The Kier molecular flexibility index (Phi) is 7.45. The lowest BCUT2D eigenvalue weighted by atomic mass is 10.2. The van der Waals surface area contributed by atoms with Crippen LogP contribution < -0.4 is 4.84 Å². The third kappa shape index (κ3) is 5.21. The van der Waals surface area contributed by atoms with E-state index >= 15 is 0 Å². The van der Waals surface area contributed by atoms with Crippen LogP contribution in [0.2, 0.25) is 0 Å². The third-order valence-corrected chi connectivity index (χ3v) is 2.87. The van der Waals surface area contributed by atoms with Crippen LogP contribution in [0.3, 0.4) is 0 Å². The van der Waals surface area contributed by atoms with Gasteiger partial charge in [-0.05, 0) is 32.9 Å². The van der Waals surface area contributed by atoms with Crippen LogP contribution in [-0.4, -0.2) is 43.1 Å². The molecule has 1 aromatic rings. The number of hydrogen-bond donors (Lipinski definition) is 0. The van der Waals surface area contributed by atoms with Gasteiger partial charge in [0.2, 0.25) is 0 Å². The molecule has 0 saturated heterocycles. The Morgan fingerprint density at radius 1 is 1.30 bits per heavy atom. The van der Waals surface area contributed by atoms with Crippen molar-refractivity contribution < 1.29 is 19.1 Å². The molecular weight excluding hydrogens is 298 g/mol. The molecular formula is C16H21N3O4. The monoisotopic (exact) mass is 319 g/mol. The minimum absolute atomic E-state index is 0.136. The SMILES string of the molecule is CCN=C(C)/C(C)=N/Oc1cccnc1/C(=C\OC)C(=O)OC. The van der Waals surface area contributed by atoms with Crippen LogP contribution in [-0.2, 0) is 14.3 Å². The molecule has 0 amide bonds.